The van der Waals surface area contributed by atoms with Crippen molar-refractivity contribution in [2.45, 2.75) is 6.92 Å². The lowest BCUT2D eigenvalue weighted by Crippen LogP contribution is -2.16. The van der Waals surface area contributed by atoms with Gasteiger partial charge in [0, 0.05) is 15.6 Å². The normalized spacial score (nSPS) is 11.0. The number of nitrogens with zero attached hydrogens (tertiary/aromatic N) is 1. The summed E-state index contributed by atoms with van der Waals surface area (Å²) >= 11 is 7.70. The summed E-state index contributed by atoms with van der Waals surface area (Å²) < 4.78 is 16.9. The Bertz CT molecular complexity index is 1060. The summed E-state index contributed by atoms with van der Waals surface area (Å²) in [5.41, 5.74) is 4.24. The van der Waals surface area contributed by atoms with Gasteiger partial charge in [-0.2, -0.15) is 5.10 Å². The van der Waals surface area contributed by atoms with Crippen LogP contribution in [0.15, 0.2) is 35.4 Å². The van der Waals surface area contributed by atoms with Crippen LogP contribution in [0.3, 0.4) is 0 Å². The fourth-order valence-electron chi connectivity index (χ4n) is 2.76. The second-order valence-corrected chi connectivity index (χ2v) is 7.30. The van der Waals surface area contributed by atoms with Gasteiger partial charge in [-0.3, -0.25) is 4.79 Å². The third-order valence-corrected chi connectivity index (χ3v) is 5.75. The number of rotatable bonds is 6. The van der Waals surface area contributed by atoms with Crippen molar-refractivity contribution >= 4 is 45.1 Å². The average molecular weight is 419 g/mol. The maximum Gasteiger partial charge on any atom is 0.283 e. The summed E-state index contributed by atoms with van der Waals surface area (Å²) in [7, 11) is 4.59. The zero-order valence-corrected chi connectivity index (χ0v) is 17.4. The van der Waals surface area contributed by atoms with E-state index >= 15 is 0 Å². The number of ether oxygens (including phenoxy) is 3. The smallest absolute Gasteiger partial charge is 0.283 e. The first kappa shape index (κ1) is 20.0. The molecule has 0 saturated heterocycles. The molecule has 2 aromatic carbocycles. The molecule has 1 aromatic heterocycles. The SMILES string of the molecule is COc1ccc(/C=N/NC(=O)c2sc3cc(C)ccc3c2Cl)c(OC)c1OC. The van der Waals surface area contributed by atoms with Crippen molar-refractivity contribution in [3.63, 3.8) is 0 Å². The second-order valence-electron chi connectivity index (χ2n) is 5.87. The summed E-state index contributed by atoms with van der Waals surface area (Å²) in [5.74, 6) is 1.06. The minimum atomic E-state index is -0.375. The van der Waals surface area contributed by atoms with Crippen molar-refractivity contribution < 1.29 is 19.0 Å². The number of thiophene rings is 1. The van der Waals surface area contributed by atoms with Crippen molar-refractivity contribution in [2.24, 2.45) is 5.10 Å². The Hall–Kier alpha value is -2.77. The number of aryl methyl sites for hydroxylation is 1. The molecule has 8 heteroatoms. The Morgan fingerprint density at radius 1 is 1.11 bits per heavy atom. The van der Waals surface area contributed by atoms with E-state index < -0.39 is 0 Å². The van der Waals surface area contributed by atoms with Crippen LogP contribution in [0.1, 0.15) is 20.8 Å². The van der Waals surface area contributed by atoms with Gasteiger partial charge in [-0.05, 0) is 30.7 Å². The number of hydrazone groups is 1. The van der Waals surface area contributed by atoms with Crippen LogP contribution >= 0.6 is 22.9 Å². The number of amides is 1. The van der Waals surface area contributed by atoms with Crippen LogP contribution in [-0.2, 0) is 0 Å². The molecule has 3 aromatic rings. The standard InChI is InChI=1S/C20H19ClN2O4S/c1-11-5-7-13-15(9-11)28-19(16(13)21)20(24)23-22-10-12-6-8-14(25-2)18(27-4)17(12)26-3/h5-10H,1-4H3,(H,23,24)/b22-10+. The van der Waals surface area contributed by atoms with E-state index in [9.17, 15) is 4.79 Å². The van der Waals surface area contributed by atoms with Gasteiger partial charge < -0.3 is 14.2 Å². The van der Waals surface area contributed by atoms with Gasteiger partial charge >= 0.3 is 0 Å². The molecular weight excluding hydrogens is 400 g/mol. The predicted molar refractivity (Wildman–Crippen MR) is 113 cm³/mol. The lowest BCUT2D eigenvalue weighted by molar-refractivity contribution is 0.0959. The van der Waals surface area contributed by atoms with E-state index in [1.165, 1.54) is 31.8 Å². The van der Waals surface area contributed by atoms with Gasteiger partial charge in [0.2, 0.25) is 5.75 Å². The number of methoxy groups -OCH3 is 3. The van der Waals surface area contributed by atoms with Gasteiger partial charge in [-0.25, -0.2) is 5.43 Å². The third-order valence-electron chi connectivity index (χ3n) is 4.10. The van der Waals surface area contributed by atoms with E-state index in [0.29, 0.717) is 32.7 Å². The second kappa shape index (κ2) is 8.50. The fraction of sp³-hybridized carbons (Fsp3) is 0.200. The molecular formula is C20H19ClN2O4S. The molecule has 146 valence electrons. The molecule has 0 aliphatic carbocycles. The average Bonchev–Trinajstić information content (AvgIpc) is 3.02. The Kier molecular flexibility index (Phi) is 6.06. The molecule has 28 heavy (non-hydrogen) atoms. The van der Waals surface area contributed by atoms with E-state index in [1.807, 2.05) is 25.1 Å². The fourth-order valence-corrected chi connectivity index (χ4v) is 4.26. The maximum atomic E-state index is 12.5. The number of carbonyl (C=O) groups is 1. The molecule has 1 amide bonds. The molecule has 0 aliphatic heterocycles. The third kappa shape index (κ3) is 3.76. The Morgan fingerprint density at radius 2 is 1.86 bits per heavy atom. The van der Waals surface area contributed by atoms with Crippen molar-refractivity contribution in [1.82, 2.24) is 5.43 Å². The van der Waals surface area contributed by atoms with Gasteiger partial charge in [0.25, 0.3) is 5.91 Å². The largest absolute Gasteiger partial charge is 0.493 e. The van der Waals surface area contributed by atoms with Crippen LogP contribution in [0.4, 0.5) is 0 Å². The topological polar surface area (TPSA) is 69.2 Å². The number of carbonyl (C=O) groups excluding carboxylic acids is 1. The number of benzene rings is 2. The highest BCUT2D eigenvalue weighted by molar-refractivity contribution is 7.21. The lowest BCUT2D eigenvalue weighted by Gasteiger charge is -2.13. The van der Waals surface area contributed by atoms with Crippen molar-refractivity contribution in [2.75, 3.05) is 21.3 Å². The molecule has 0 bridgehead atoms. The van der Waals surface area contributed by atoms with Crippen molar-refractivity contribution in [3.05, 3.63) is 51.4 Å². The molecule has 0 saturated carbocycles. The maximum absolute atomic E-state index is 12.5. The highest BCUT2D eigenvalue weighted by atomic mass is 35.5. The summed E-state index contributed by atoms with van der Waals surface area (Å²) in [6.07, 6.45) is 1.48. The molecule has 0 aliphatic rings. The highest BCUT2D eigenvalue weighted by Gasteiger charge is 2.17. The minimum Gasteiger partial charge on any atom is -0.493 e. The summed E-state index contributed by atoms with van der Waals surface area (Å²) in [6.45, 7) is 1.99. The molecule has 1 heterocycles. The monoisotopic (exact) mass is 418 g/mol. The first-order chi connectivity index (χ1) is 13.5. The van der Waals surface area contributed by atoms with Crippen molar-refractivity contribution in [3.8, 4) is 17.2 Å². The number of halogens is 1. The minimum absolute atomic E-state index is 0.375. The molecule has 0 radical (unpaired) electrons. The Morgan fingerprint density at radius 3 is 2.54 bits per heavy atom. The van der Waals surface area contributed by atoms with Crippen molar-refractivity contribution in [1.29, 1.82) is 0 Å². The van der Waals surface area contributed by atoms with E-state index in [2.05, 4.69) is 10.5 Å². The summed E-state index contributed by atoms with van der Waals surface area (Å²) in [4.78, 5) is 12.9. The highest BCUT2D eigenvalue weighted by Crippen LogP contribution is 2.39. The van der Waals surface area contributed by atoms with Crippen LogP contribution in [0.5, 0.6) is 17.2 Å². The molecule has 0 unspecified atom stereocenters. The van der Waals surface area contributed by atoms with Crippen LogP contribution < -0.4 is 19.6 Å². The molecule has 0 spiro atoms. The molecule has 1 N–H and O–H groups in total. The number of fused-ring (bicyclic) bond motifs is 1. The number of nitrogens with one attached hydrogen (secondary N) is 1. The number of hydrogen-bond acceptors (Lipinski definition) is 6. The summed E-state index contributed by atoms with van der Waals surface area (Å²) in [5, 5.41) is 5.32. The Labute approximate surface area is 171 Å². The molecule has 0 atom stereocenters. The van der Waals surface area contributed by atoms with Gasteiger partial charge in [0.05, 0.1) is 32.6 Å². The van der Waals surface area contributed by atoms with Gasteiger partial charge in [0.15, 0.2) is 11.5 Å². The summed E-state index contributed by atoms with van der Waals surface area (Å²) in [6, 6.07) is 9.36. The number of hydrogen-bond donors (Lipinski definition) is 1. The van der Waals surface area contributed by atoms with Gasteiger partial charge in [0.1, 0.15) is 4.88 Å². The van der Waals surface area contributed by atoms with E-state index in [-0.39, 0.29) is 5.91 Å². The molecule has 3 rings (SSSR count). The van der Waals surface area contributed by atoms with E-state index in [1.54, 1.807) is 19.2 Å². The molecule has 0 fully saturated rings. The molecule has 6 nitrogen and oxygen atoms in total. The first-order valence-electron chi connectivity index (χ1n) is 8.31. The van der Waals surface area contributed by atoms with E-state index in [0.717, 1.165) is 15.6 Å². The van der Waals surface area contributed by atoms with Gasteiger partial charge in [-0.15, -0.1) is 11.3 Å². The lowest BCUT2D eigenvalue weighted by atomic mass is 10.2. The van der Waals surface area contributed by atoms with Crippen LogP contribution in [0.2, 0.25) is 5.02 Å². The zero-order valence-electron chi connectivity index (χ0n) is 15.8. The van der Waals surface area contributed by atoms with Crippen LogP contribution in [0.25, 0.3) is 10.1 Å². The quantitative estimate of drug-likeness (QED) is 0.467. The van der Waals surface area contributed by atoms with Crippen LogP contribution in [0, 0.1) is 6.92 Å². The Balaban J connectivity index is 1.83. The van der Waals surface area contributed by atoms with E-state index in [4.69, 9.17) is 25.8 Å². The first-order valence-corrected chi connectivity index (χ1v) is 9.50. The zero-order chi connectivity index (χ0) is 20.3. The van der Waals surface area contributed by atoms with Crippen LogP contribution in [-0.4, -0.2) is 33.5 Å². The predicted octanol–water partition coefficient (Wildman–Crippen LogP) is 4.65. The van der Waals surface area contributed by atoms with Gasteiger partial charge in [-0.1, -0.05) is 23.7 Å².